The number of hydrogen-bond acceptors (Lipinski definition) is 7. The normalized spacial score (nSPS) is 13.1. The molecule has 174 valence electrons. The van der Waals surface area contributed by atoms with Crippen molar-refractivity contribution in [3.63, 3.8) is 0 Å². The smallest absolute Gasteiger partial charge is 0.337 e. The molecule has 0 saturated heterocycles. The quantitative estimate of drug-likeness (QED) is 0.554. The van der Waals surface area contributed by atoms with E-state index in [9.17, 15) is 18.0 Å². The molecule has 0 aliphatic carbocycles. The lowest BCUT2D eigenvalue weighted by Crippen LogP contribution is -2.49. The van der Waals surface area contributed by atoms with Gasteiger partial charge in [0.1, 0.15) is 11.6 Å². The van der Waals surface area contributed by atoms with Gasteiger partial charge >= 0.3 is 11.9 Å². The van der Waals surface area contributed by atoms with Crippen molar-refractivity contribution in [2.24, 2.45) is 5.92 Å². The summed E-state index contributed by atoms with van der Waals surface area (Å²) in [5.74, 6) is -1.58. The average molecular weight is 463 g/mol. The summed E-state index contributed by atoms with van der Waals surface area (Å²) in [5.41, 5.74) is 0.0603. The molecule has 0 bridgehead atoms. The van der Waals surface area contributed by atoms with Crippen molar-refractivity contribution >= 4 is 22.0 Å². The van der Waals surface area contributed by atoms with E-state index in [1.54, 1.807) is 59.1 Å². The predicted octanol–water partition coefficient (Wildman–Crippen LogP) is 3.43. The number of aromatic nitrogens is 1. The summed E-state index contributed by atoms with van der Waals surface area (Å²) < 4.78 is 38.7. The Hall–Kier alpha value is -2.78. The molecule has 0 aliphatic rings. The van der Waals surface area contributed by atoms with Gasteiger partial charge in [0.25, 0.3) is 0 Å². The van der Waals surface area contributed by atoms with Gasteiger partial charge in [-0.05, 0) is 62.6 Å². The highest BCUT2D eigenvalue weighted by atomic mass is 32.2. The molecule has 2 rings (SSSR count). The van der Waals surface area contributed by atoms with E-state index in [0.29, 0.717) is 5.56 Å². The van der Waals surface area contributed by atoms with Gasteiger partial charge in [-0.25, -0.2) is 13.2 Å². The number of ether oxygens (including phenoxy) is 2. The molecule has 1 aromatic heterocycles. The third kappa shape index (κ3) is 6.37. The monoisotopic (exact) mass is 462 g/mol. The van der Waals surface area contributed by atoms with Gasteiger partial charge in [0.05, 0.1) is 17.6 Å². The molecule has 9 heteroatoms. The molecule has 1 heterocycles. The third-order valence-electron chi connectivity index (χ3n) is 4.53. The van der Waals surface area contributed by atoms with Crippen molar-refractivity contribution < 1.29 is 27.5 Å². The Morgan fingerprint density at radius 1 is 1.09 bits per heavy atom. The third-order valence-corrected chi connectivity index (χ3v) is 6.37. The number of sulfonamides is 1. The van der Waals surface area contributed by atoms with Gasteiger partial charge in [-0.2, -0.15) is 4.31 Å². The van der Waals surface area contributed by atoms with E-state index in [1.165, 1.54) is 31.4 Å². The summed E-state index contributed by atoms with van der Waals surface area (Å²) in [7, 11) is -2.89. The van der Waals surface area contributed by atoms with Gasteiger partial charge in [0.15, 0.2) is 0 Å². The molecule has 2 aromatic rings. The van der Waals surface area contributed by atoms with Gasteiger partial charge in [-0.15, -0.1) is 0 Å². The first-order valence-corrected chi connectivity index (χ1v) is 11.6. The number of rotatable bonds is 8. The Morgan fingerprint density at radius 2 is 1.72 bits per heavy atom. The van der Waals surface area contributed by atoms with Crippen LogP contribution < -0.4 is 0 Å². The second kappa shape index (κ2) is 10.2. The Bertz CT molecular complexity index is 1030. The van der Waals surface area contributed by atoms with Crippen LogP contribution >= 0.6 is 0 Å². The van der Waals surface area contributed by atoms with Crippen molar-refractivity contribution in [2.75, 3.05) is 7.11 Å². The highest BCUT2D eigenvalue weighted by Crippen LogP contribution is 2.27. The molecule has 0 saturated carbocycles. The molecule has 0 radical (unpaired) electrons. The number of carbonyl (C=O) groups excluding carboxylic acids is 2. The maximum atomic E-state index is 13.7. The average Bonchev–Trinajstić information content (AvgIpc) is 2.72. The molecule has 0 aliphatic heterocycles. The molecule has 32 heavy (non-hydrogen) atoms. The van der Waals surface area contributed by atoms with E-state index in [0.717, 1.165) is 4.31 Å². The fourth-order valence-electron chi connectivity index (χ4n) is 3.11. The SMILES string of the molecule is COC(=O)c1ccc(S(=O)(=O)N(Cc2cccnc2)C(C(=O)OC(C)(C)C)C(C)C)cc1. The molecule has 1 atom stereocenters. The zero-order chi connectivity index (χ0) is 24.1. The number of hydrogen-bond donors (Lipinski definition) is 0. The van der Waals surface area contributed by atoms with Gasteiger partial charge in [0, 0.05) is 18.9 Å². The second-order valence-corrected chi connectivity index (χ2v) is 10.5. The lowest BCUT2D eigenvalue weighted by atomic mass is 10.0. The van der Waals surface area contributed by atoms with Gasteiger partial charge in [-0.3, -0.25) is 9.78 Å². The van der Waals surface area contributed by atoms with Crippen LogP contribution in [0.2, 0.25) is 0 Å². The maximum Gasteiger partial charge on any atom is 0.337 e. The van der Waals surface area contributed by atoms with E-state index in [4.69, 9.17) is 4.74 Å². The Balaban J connectivity index is 2.55. The number of carbonyl (C=O) groups is 2. The Kier molecular flexibility index (Phi) is 8.14. The van der Waals surface area contributed by atoms with Crippen molar-refractivity contribution in [3.8, 4) is 0 Å². The van der Waals surface area contributed by atoms with E-state index in [2.05, 4.69) is 9.72 Å². The fourth-order valence-corrected chi connectivity index (χ4v) is 4.80. The van der Waals surface area contributed by atoms with Crippen LogP contribution in [0.1, 0.15) is 50.5 Å². The van der Waals surface area contributed by atoms with Crippen LogP contribution in [0.4, 0.5) is 0 Å². The van der Waals surface area contributed by atoms with Gasteiger partial charge < -0.3 is 9.47 Å². The summed E-state index contributed by atoms with van der Waals surface area (Å²) in [6.07, 6.45) is 3.14. The lowest BCUT2D eigenvalue weighted by molar-refractivity contribution is -0.161. The molecule has 0 fully saturated rings. The molecular formula is C23H30N2O6S. The first-order chi connectivity index (χ1) is 14.9. The second-order valence-electron chi connectivity index (χ2n) is 8.65. The summed E-state index contributed by atoms with van der Waals surface area (Å²) >= 11 is 0. The van der Waals surface area contributed by atoms with Crippen molar-refractivity contribution in [1.29, 1.82) is 0 Å². The predicted molar refractivity (Wildman–Crippen MR) is 119 cm³/mol. The largest absolute Gasteiger partial charge is 0.465 e. The minimum atomic E-state index is -4.14. The van der Waals surface area contributed by atoms with Crippen molar-refractivity contribution in [2.45, 2.75) is 57.7 Å². The van der Waals surface area contributed by atoms with Crippen LogP contribution in [0.3, 0.4) is 0 Å². The van der Waals surface area contributed by atoms with Gasteiger partial charge in [-0.1, -0.05) is 19.9 Å². The highest BCUT2D eigenvalue weighted by Gasteiger charge is 2.40. The molecule has 0 spiro atoms. The van der Waals surface area contributed by atoms with Gasteiger partial charge in [0.2, 0.25) is 10.0 Å². The first-order valence-electron chi connectivity index (χ1n) is 10.2. The molecular weight excluding hydrogens is 432 g/mol. The molecule has 1 unspecified atom stereocenters. The Labute approximate surface area is 189 Å². The zero-order valence-electron chi connectivity index (χ0n) is 19.2. The van der Waals surface area contributed by atoms with Crippen molar-refractivity contribution in [1.82, 2.24) is 9.29 Å². The molecule has 0 N–H and O–H groups in total. The van der Waals surface area contributed by atoms with Crippen LogP contribution in [0, 0.1) is 5.92 Å². The standard InChI is InChI=1S/C23H30N2O6S/c1-16(2)20(22(27)31-23(3,4)5)25(15-17-8-7-13-24-14-17)32(28,29)19-11-9-18(10-12-19)21(26)30-6/h7-14,16,20H,15H2,1-6H3. The summed E-state index contributed by atoms with van der Waals surface area (Å²) in [4.78, 5) is 28.8. The zero-order valence-corrected chi connectivity index (χ0v) is 20.0. The number of methoxy groups -OCH3 is 1. The summed E-state index contributed by atoms with van der Waals surface area (Å²) in [5, 5.41) is 0. The molecule has 8 nitrogen and oxygen atoms in total. The minimum absolute atomic E-state index is 0.0525. The van der Waals surface area contributed by atoms with E-state index >= 15 is 0 Å². The number of benzene rings is 1. The summed E-state index contributed by atoms with van der Waals surface area (Å²) in [6, 6.07) is 7.76. The number of pyridine rings is 1. The van der Waals surface area contributed by atoms with Crippen LogP contribution in [-0.2, 0) is 30.8 Å². The Morgan fingerprint density at radius 3 is 2.19 bits per heavy atom. The van der Waals surface area contributed by atoms with Crippen LogP contribution in [0.15, 0.2) is 53.7 Å². The molecule has 0 amide bonds. The van der Waals surface area contributed by atoms with Crippen LogP contribution in [-0.4, -0.2) is 48.4 Å². The highest BCUT2D eigenvalue weighted by molar-refractivity contribution is 7.89. The maximum absolute atomic E-state index is 13.7. The van der Waals surface area contributed by atoms with Crippen LogP contribution in [0.25, 0.3) is 0 Å². The van der Waals surface area contributed by atoms with E-state index in [-0.39, 0.29) is 22.9 Å². The van der Waals surface area contributed by atoms with Crippen molar-refractivity contribution in [3.05, 3.63) is 59.9 Å². The molecule has 1 aromatic carbocycles. The van der Waals surface area contributed by atoms with Crippen LogP contribution in [0.5, 0.6) is 0 Å². The number of esters is 2. The van der Waals surface area contributed by atoms with E-state index in [1.807, 2.05) is 0 Å². The fraction of sp³-hybridized carbons (Fsp3) is 0.435. The topological polar surface area (TPSA) is 103 Å². The number of nitrogens with zero attached hydrogens (tertiary/aromatic N) is 2. The first kappa shape index (κ1) is 25.5. The lowest BCUT2D eigenvalue weighted by Gasteiger charge is -2.34. The van der Waals surface area contributed by atoms with E-state index < -0.39 is 33.6 Å². The minimum Gasteiger partial charge on any atom is -0.465 e. The summed E-state index contributed by atoms with van der Waals surface area (Å²) in [6.45, 7) is 8.65.